The smallest absolute Gasteiger partial charge is 0.276 e. The van der Waals surface area contributed by atoms with Crippen LogP contribution >= 0.6 is 23.8 Å². The molecular weight excluding hydrogens is 312 g/mol. The van der Waals surface area contributed by atoms with Crippen molar-refractivity contribution in [1.29, 1.82) is 0 Å². The van der Waals surface area contributed by atoms with Crippen LogP contribution in [-0.2, 0) is 4.79 Å². The molecule has 0 radical (unpaired) electrons. The Morgan fingerprint density at radius 2 is 2.24 bits per heavy atom. The predicted octanol–water partition coefficient (Wildman–Crippen LogP) is 2.52. The van der Waals surface area contributed by atoms with E-state index in [0.29, 0.717) is 22.9 Å². The minimum Gasteiger partial charge on any atom is -0.503 e. The van der Waals surface area contributed by atoms with Crippen molar-refractivity contribution in [2.24, 2.45) is 0 Å². The number of aromatic hydroxyl groups is 1. The molecule has 2 N–H and O–H groups in total. The lowest BCUT2D eigenvalue weighted by atomic mass is 10.1. The van der Waals surface area contributed by atoms with Gasteiger partial charge in [-0.2, -0.15) is 0 Å². The normalized spacial score (nSPS) is 16.5. The first kappa shape index (κ1) is 15.6. The van der Waals surface area contributed by atoms with Crippen LogP contribution in [0.1, 0.15) is 18.9 Å². The molecule has 1 fully saturated rings. The van der Waals surface area contributed by atoms with Gasteiger partial charge >= 0.3 is 0 Å². The molecule has 1 amide bonds. The summed E-state index contributed by atoms with van der Waals surface area (Å²) in [6, 6.07) is 3.14. The Balaban J connectivity index is 2.35. The Morgan fingerprint density at radius 3 is 2.86 bits per heavy atom. The van der Waals surface area contributed by atoms with Gasteiger partial charge in [0, 0.05) is 6.54 Å². The van der Waals surface area contributed by atoms with Crippen molar-refractivity contribution in [3.8, 4) is 11.5 Å². The maximum Gasteiger partial charge on any atom is 0.276 e. The van der Waals surface area contributed by atoms with E-state index in [4.69, 9.17) is 28.6 Å². The lowest BCUT2D eigenvalue weighted by Crippen LogP contribution is -2.31. The van der Waals surface area contributed by atoms with E-state index in [1.807, 2.05) is 6.92 Å². The molecule has 0 saturated carbocycles. The van der Waals surface area contributed by atoms with Gasteiger partial charge in [0.1, 0.15) is 5.70 Å². The number of nitrogens with zero attached hydrogens (tertiary/aromatic N) is 1. The molecule has 1 aromatic rings. The van der Waals surface area contributed by atoms with Crippen LogP contribution in [0.15, 0.2) is 17.8 Å². The van der Waals surface area contributed by atoms with Gasteiger partial charge in [0.15, 0.2) is 16.6 Å². The molecule has 112 valence electrons. The van der Waals surface area contributed by atoms with Gasteiger partial charge in [-0.3, -0.25) is 9.69 Å². The summed E-state index contributed by atoms with van der Waals surface area (Å²) in [5.74, 6) is -0.0621. The fourth-order valence-corrected chi connectivity index (χ4v) is 2.50. The molecule has 1 heterocycles. The van der Waals surface area contributed by atoms with Crippen LogP contribution in [0.4, 0.5) is 0 Å². The van der Waals surface area contributed by atoms with Crippen LogP contribution in [0.3, 0.4) is 0 Å². The Kier molecular flexibility index (Phi) is 4.69. The predicted molar refractivity (Wildman–Crippen MR) is 85.4 cm³/mol. The number of thiocarbonyl (C=S) groups is 1. The van der Waals surface area contributed by atoms with Crippen molar-refractivity contribution in [3.63, 3.8) is 0 Å². The van der Waals surface area contributed by atoms with Gasteiger partial charge in [-0.05, 0) is 42.4 Å². The molecule has 1 aliphatic heterocycles. The molecule has 1 aromatic carbocycles. The summed E-state index contributed by atoms with van der Waals surface area (Å²) in [6.45, 7) is 2.55. The third-order valence-corrected chi connectivity index (χ3v) is 3.60. The molecule has 0 spiro atoms. The second kappa shape index (κ2) is 6.32. The summed E-state index contributed by atoms with van der Waals surface area (Å²) in [4.78, 5) is 13.7. The minimum absolute atomic E-state index is 0.129. The fraction of sp³-hybridized carbons (Fsp3) is 0.286. The first-order valence-electron chi connectivity index (χ1n) is 6.39. The second-order valence-electron chi connectivity index (χ2n) is 4.50. The van der Waals surface area contributed by atoms with E-state index in [1.165, 1.54) is 12.0 Å². The van der Waals surface area contributed by atoms with E-state index >= 15 is 0 Å². The molecule has 21 heavy (non-hydrogen) atoms. The number of hydrogen-bond acceptors (Lipinski definition) is 4. The summed E-state index contributed by atoms with van der Waals surface area (Å²) in [5, 5.41) is 13.1. The third-order valence-electron chi connectivity index (χ3n) is 2.99. The summed E-state index contributed by atoms with van der Waals surface area (Å²) in [5.41, 5.74) is 1.00. The van der Waals surface area contributed by atoms with E-state index in [-0.39, 0.29) is 22.4 Å². The third kappa shape index (κ3) is 3.11. The van der Waals surface area contributed by atoms with Gasteiger partial charge in [0.2, 0.25) is 0 Å². The lowest BCUT2D eigenvalue weighted by Gasteiger charge is -2.11. The number of ether oxygens (including phenoxy) is 1. The zero-order valence-electron chi connectivity index (χ0n) is 11.6. The number of phenols is 1. The Hall–Kier alpha value is -1.79. The van der Waals surface area contributed by atoms with Gasteiger partial charge in [-0.15, -0.1) is 0 Å². The van der Waals surface area contributed by atoms with E-state index in [1.54, 1.807) is 18.2 Å². The number of halogens is 1. The maximum absolute atomic E-state index is 12.2. The van der Waals surface area contributed by atoms with Crippen molar-refractivity contribution < 1.29 is 14.6 Å². The highest BCUT2D eigenvalue weighted by molar-refractivity contribution is 7.80. The summed E-state index contributed by atoms with van der Waals surface area (Å²) in [6.07, 6.45) is 2.44. The molecule has 0 unspecified atom stereocenters. The van der Waals surface area contributed by atoms with E-state index in [2.05, 4.69) is 5.32 Å². The molecule has 1 saturated heterocycles. The maximum atomic E-state index is 12.2. The Labute approximate surface area is 133 Å². The number of amides is 1. The van der Waals surface area contributed by atoms with Crippen molar-refractivity contribution in [1.82, 2.24) is 10.2 Å². The number of hydrogen-bond donors (Lipinski definition) is 2. The Bertz CT molecular complexity index is 631. The number of methoxy groups -OCH3 is 1. The average molecular weight is 327 g/mol. The van der Waals surface area contributed by atoms with E-state index < -0.39 is 0 Å². The minimum atomic E-state index is -0.176. The second-order valence-corrected chi connectivity index (χ2v) is 5.29. The van der Waals surface area contributed by atoms with Crippen LogP contribution in [-0.4, -0.2) is 34.7 Å². The number of benzene rings is 1. The van der Waals surface area contributed by atoms with Gasteiger partial charge in [-0.25, -0.2) is 0 Å². The SMILES string of the molecule is CCCN1C(=O)C(=Cc2cc(Cl)c(O)c(OC)c2)NC1=S. The van der Waals surface area contributed by atoms with Crippen LogP contribution in [0.2, 0.25) is 5.02 Å². The fourth-order valence-electron chi connectivity index (χ4n) is 2.00. The number of carbonyl (C=O) groups is 1. The lowest BCUT2D eigenvalue weighted by molar-refractivity contribution is -0.122. The van der Waals surface area contributed by atoms with Crippen molar-refractivity contribution in [2.45, 2.75) is 13.3 Å². The van der Waals surface area contributed by atoms with Crippen LogP contribution in [0, 0.1) is 0 Å². The van der Waals surface area contributed by atoms with Crippen LogP contribution in [0.25, 0.3) is 6.08 Å². The van der Waals surface area contributed by atoms with Gasteiger partial charge in [-0.1, -0.05) is 18.5 Å². The van der Waals surface area contributed by atoms with E-state index in [9.17, 15) is 9.90 Å². The average Bonchev–Trinajstić information content (AvgIpc) is 2.70. The summed E-state index contributed by atoms with van der Waals surface area (Å²) >= 11 is 11.1. The van der Waals surface area contributed by atoms with E-state index in [0.717, 1.165) is 6.42 Å². The molecule has 2 rings (SSSR count). The first-order valence-corrected chi connectivity index (χ1v) is 7.17. The highest BCUT2D eigenvalue weighted by Gasteiger charge is 2.29. The summed E-state index contributed by atoms with van der Waals surface area (Å²) < 4.78 is 5.03. The zero-order chi connectivity index (χ0) is 15.6. The Morgan fingerprint density at radius 1 is 1.52 bits per heavy atom. The summed E-state index contributed by atoms with van der Waals surface area (Å²) in [7, 11) is 1.43. The van der Waals surface area contributed by atoms with Gasteiger partial charge < -0.3 is 15.2 Å². The molecule has 7 heteroatoms. The molecule has 5 nitrogen and oxygen atoms in total. The van der Waals surface area contributed by atoms with Crippen molar-refractivity contribution >= 4 is 40.9 Å². The number of carbonyl (C=O) groups excluding carboxylic acids is 1. The zero-order valence-corrected chi connectivity index (χ0v) is 13.2. The van der Waals surface area contributed by atoms with Gasteiger partial charge in [0.05, 0.1) is 12.1 Å². The standard InChI is InChI=1S/C14H15ClN2O3S/c1-3-4-17-13(19)10(16-14(17)21)6-8-5-9(15)12(18)11(7-8)20-2/h5-7,18H,3-4H2,1-2H3,(H,16,21). The number of rotatable bonds is 4. The first-order chi connectivity index (χ1) is 9.97. The molecule has 1 aliphatic rings. The molecule has 0 atom stereocenters. The molecule has 0 bridgehead atoms. The van der Waals surface area contributed by atoms with Crippen LogP contribution in [0.5, 0.6) is 11.5 Å². The van der Waals surface area contributed by atoms with Gasteiger partial charge in [0.25, 0.3) is 5.91 Å². The number of nitrogens with one attached hydrogen (secondary N) is 1. The van der Waals surface area contributed by atoms with Crippen LogP contribution < -0.4 is 10.1 Å². The topological polar surface area (TPSA) is 61.8 Å². The quantitative estimate of drug-likeness (QED) is 0.657. The van der Waals surface area contributed by atoms with Crippen molar-refractivity contribution in [2.75, 3.05) is 13.7 Å². The monoisotopic (exact) mass is 326 g/mol. The van der Waals surface area contributed by atoms with Crippen molar-refractivity contribution in [3.05, 3.63) is 28.4 Å². The molecule has 0 aliphatic carbocycles. The number of phenolic OH excluding ortho intramolecular Hbond substituents is 1. The highest BCUT2D eigenvalue weighted by atomic mass is 35.5. The molecular formula is C14H15ClN2O3S. The highest BCUT2D eigenvalue weighted by Crippen LogP contribution is 2.35. The molecule has 0 aromatic heterocycles. The largest absolute Gasteiger partial charge is 0.503 e.